The van der Waals surface area contributed by atoms with Crippen LogP contribution in [-0.4, -0.2) is 49.1 Å². The molecule has 0 bridgehead atoms. The molecule has 2 aromatic heterocycles. The van der Waals surface area contributed by atoms with Gasteiger partial charge in [0.05, 0.1) is 22.5 Å². The van der Waals surface area contributed by atoms with Gasteiger partial charge in [0.25, 0.3) is 0 Å². The average Bonchev–Trinajstić information content (AvgIpc) is 3.65. The van der Waals surface area contributed by atoms with Crippen molar-refractivity contribution >= 4 is 39.9 Å². The van der Waals surface area contributed by atoms with Crippen LogP contribution in [0.3, 0.4) is 0 Å². The lowest BCUT2D eigenvalue weighted by Crippen LogP contribution is -2.32. The van der Waals surface area contributed by atoms with Crippen molar-refractivity contribution in [3.8, 4) is 5.88 Å². The van der Waals surface area contributed by atoms with E-state index in [1.807, 2.05) is 48.5 Å². The number of aromatic amines is 1. The number of carbonyl (C=O) groups is 2. The van der Waals surface area contributed by atoms with Crippen LogP contribution in [0, 0.1) is 0 Å². The monoisotopic (exact) mass is 505 g/mol. The van der Waals surface area contributed by atoms with Crippen LogP contribution in [-0.2, 0) is 17.8 Å². The second-order valence-electron chi connectivity index (χ2n) is 9.05. The lowest BCUT2D eigenvalue weighted by atomic mass is 10.00. The minimum absolute atomic E-state index is 0.0295. The number of hydrogen-bond donors (Lipinski definition) is 3. The van der Waals surface area contributed by atoms with Gasteiger partial charge < -0.3 is 20.1 Å². The first-order valence-corrected chi connectivity index (χ1v) is 12.1. The van der Waals surface area contributed by atoms with Gasteiger partial charge in [-0.2, -0.15) is 5.10 Å². The summed E-state index contributed by atoms with van der Waals surface area (Å²) in [6.07, 6.45) is 4.12. The molecular weight excluding hydrogens is 482 g/mol. The Balaban J connectivity index is 1.40. The van der Waals surface area contributed by atoms with Gasteiger partial charge in [-0.3, -0.25) is 9.48 Å². The summed E-state index contributed by atoms with van der Waals surface area (Å²) in [5.74, 6) is -1.17. The molecule has 0 spiro atoms. The maximum atomic E-state index is 12.9. The molecule has 5 aromatic rings. The quantitative estimate of drug-likeness (QED) is 0.293. The predicted octanol–water partition coefficient (Wildman–Crippen LogP) is 4.53. The number of hydrogen-bond acceptors (Lipinski definition) is 5. The zero-order valence-electron chi connectivity index (χ0n) is 20.2. The van der Waals surface area contributed by atoms with Gasteiger partial charge in [-0.05, 0) is 48.4 Å². The summed E-state index contributed by atoms with van der Waals surface area (Å²) in [6, 6.07) is 21.7. The fourth-order valence-electron chi connectivity index (χ4n) is 4.88. The maximum absolute atomic E-state index is 12.9. The molecule has 3 N–H and O–H groups in total. The van der Waals surface area contributed by atoms with E-state index in [2.05, 4.69) is 10.1 Å². The Bertz CT molecular complexity index is 1700. The minimum Gasteiger partial charge on any atom is -0.494 e. The van der Waals surface area contributed by atoms with Crippen LogP contribution >= 0.6 is 0 Å². The summed E-state index contributed by atoms with van der Waals surface area (Å²) in [7, 11) is 0. The van der Waals surface area contributed by atoms with Crippen molar-refractivity contribution in [2.24, 2.45) is 4.99 Å². The highest BCUT2D eigenvalue weighted by Crippen LogP contribution is 2.35. The molecule has 0 fully saturated rings. The van der Waals surface area contributed by atoms with Gasteiger partial charge in [0, 0.05) is 41.1 Å². The second-order valence-corrected chi connectivity index (χ2v) is 9.05. The third-order valence-corrected chi connectivity index (χ3v) is 6.67. The number of carboxylic acids is 1. The smallest absolute Gasteiger partial charge is 0.335 e. The molecule has 188 valence electrons. The summed E-state index contributed by atoms with van der Waals surface area (Å²) >= 11 is 0. The first-order chi connectivity index (χ1) is 18.5. The Kier molecular flexibility index (Phi) is 5.72. The maximum Gasteiger partial charge on any atom is 0.335 e. The van der Waals surface area contributed by atoms with Gasteiger partial charge >= 0.3 is 5.97 Å². The van der Waals surface area contributed by atoms with Crippen LogP contribution in [0.5, 0.6) is 5.88 Å². The molecule has 0 saturated carbocycles. The fourth-order valence-corrected chi connectivity index (χ4v) is 4.88. The number of amides is 1. The topological polar surface area (TPSA) is 124 Å². The Morgan fingerprint density at radius 2 is 1.84 bits per heavy atom. The highest BCUT2D eigenvalue weighted by atomic mass is 16.4. The molecule has 1 aliphatic heterocycles. The number of nitrogens with one attached hydrogen (secondary N) is 1. The Hall–Kier alpha value is -5.18. The van der Waals surface area contributed by atoms with Crippen molar-refractivity contribution < 1.29 is 19.8 Å². The van der Waals surface area contributed by atoms with Crippen molar-refractivity contribution in [3.63, 3.8) is 0 Å². The highest BCUT2D eigenvalue weighted by molar-refractivity contribution is 6.22. The van der Waals surface area contributed by atoms with Crippen LogP contribution in [0.15, 0.2) is 90.2 Å². The van der Waals surface area contributed by atoms with Crippen molar-refractivity contribution in [3.05, 3.63) is 107 Å². The summed E-state index contributed by atoms with van der Waals surface area (Å²) < 4.78 is 1.61. The van der Waals surface area contributed by atoms with E-state index >= 15 is 0 Å². The molecule has 0 radical (unpaired) electrons. The minimum atomic E-state index is -1.05. The van der Waals surface area contributed by atoms with Crippen LogP contribution in [0.25, 0.3) is 10.9 Å². The van der Waals surface area contributed by atoms with Crippen molar-refractivity contribution in [1.29, 1.82) is 0 Å². The molecule has 9 nitrogen and oxygen atoms in total. The molecular formula is C29H23N5O4. The van der Waals surface area contributed by atoms with Gasteiger partial charge in [0.1, 0.15) is 6.54 Å². The number of anilines is 1. The third kappa shape index (κ3) is 4.20. The first-order valence-electron chi connectivity index (χ1n) is 12.1. The second kappa shape index (κ2) is 9.36. The lowest BCUT2D eigenvalue weighted by Gasteiger charge is -2.17. The number of aromatic hydroxyl groups is 1. The molecule has 1 amide bonds. The van der Waals surface area contributed by atoms with Crippen LogP contribution in [0.1, 0.15) is 27.0 Å². The Morgan fingerprint density at radius 3 is 2.61 bits per heavy atom. The molecule has 3 aromatic carbocycles. The van der Waals surface area contributed by atoms with Gasteiger partial charge in [0.2, 0.25) is 5.91 Å². The number of nitrogens with zero attached hydrogens (tertiary/aromatic N) is 4. The van der Waals surface area contributed by atoms with E-state index in [0.717, 1.165) is 16.8 Å². The molecule has 0 atom stereocenters. The van der Waals surface area contributed by atoms with Gasteiger partial charge in [-0.1, -0.05) is 36.4 Å². The van der Waals surface area contributed by atoms with E-state index in [9.17, 15) is 19.8 Å². The standard InChI is InChI=1S/C29H23N5O4/c35-25(17-33-13-4-12-30-33)34-14-11-19-15-21(8-10-24(19)34)31-27(18-5-2-1-3-6-18)26-22-9-7-20(29(37)38)16-23(22)32-28(26)36/h1-10,12-13,15-16,32,36H,11,14,17H2,(H,37,38). The number of aromatic carboxylic acids is 1. The largest absolute Gasteiger partial charge is 0.494 e. The molecule has 3 heterocycles. The highest BCUT2D eigenvalue weighted by Gasteiger charge is 2.25. The van der Waals surface area contributed by atoms with Crippen LogP contribution < -0.4 is 4.90 Å². The van der Waals surface area contributed by atoms with Gasteiger partial charge in [-0.15, -0.1) is 0 Å². The van der Waals surface area contributed by atoms with Crippen LogP contribution in [0.4, 0.5) is 11.4 Å². The van der Waals surface area contributed by atoms with Crippen LogP contribution in [0.2, 0.25) is 0 Å². The number of benzene rings is 3. The van der Waals surface area contributed by atoms with Crippen molar-refractivity contribution in [2.45, 2.75) is 13.0 Å². The average molecular weight is 506 g/mol. The molecule has 6 rings (SSSR count). The summed E-state index contributed by atoms with van der Waals surface area (Å²) in [6.45, 7) is 0.761. The van der Waals surface area contributed by atoms with E-state index in [1.165, 1.54) is 12.1 Å². The molecule has 0 saturated heterocycles. The first kappa shape index (κ1) is 23.2. The number of H-pyrrole nitrogens is 1. The normalized spacial score (nSPS) is 13.2. The van der Waals surface area contributed by atoms with Gasteiger partial charge in [-0.25, -0.2) is 9.79 Å². The zero-order valence-corrected chi connectivity index (χ0v) is 20.2. The number of carbonyl (C=O) groups excluding carboxylic acids is 1. The van der Waals surface area contributed by atoms with E-state index in [-0.39, 0.29) is 23.9 Å². The SMILES string of the molecule is O=C(O)c1ccc2c(C(=Nc3ccc4c(c3)CCN4C(=O)Cn3cccn3)c3ccccc3)c(O)[nH]c2c1. The van der Waals surface area contributed by atoms with E-state index in [1.54, 1.807) is 34.1 Å². The molecule has 0 aliphatic carbocycles. The third-order valence-electron chi connectivity index (χ3n) is 6.67. The van der Waals surface area contributed by atoms with Crippen molar-refractivity contribution in [1.82, 2.24) is 14.8 Å². The summed E-state index contributed by atoms with van der Waals surface area (Å²) in [4.78, 5) is 33.9. The summed E-state index contributed by atoms with van der Waals surface area (Å²) in [5, 5.41) is 25.0. The number of carboxylic acid groups (broad SMARTS) is 1. The lowest BCUT2D eigenvalue weighted by molar-refractivity contribution is -0.119. The van der Waals surface area contributed by atoms with E-state index in [4.69, 9.17) is 4.99 Å². The predicted molar refractivity (Wildman–Crippen MR) is 143 cm³/mol. The molecule has 0 unspecified atom stereocenters. The number of aliphatic imine (C=N–C) groups is 1. The summed E-state index contributed by atoms with van der Waals surface area (Å²) in [5.41, 5.74) is 5.00. The number of rotatable bonds is 6. The number of fused-ring (bicyclic) bond motifs is 2. The Morgan fingerprint density at radius 1 is 1.00 bits per heavy atom. The van der Waals surface area contributed by atoms with Gasteiger partial charge in [0.15, 0.2) is 5.88 Å². The molecule has 38 heavy (non-hydrogen) atoms. The van der Waals surface area contributed by atoms with E-state index in [0.29, 0.717) is 40.8 Å². The molecule has 9 heteroatoms. The number of aromatic nitrogens is 3. The van der Waals surface area contributed by atoms with Crippen molar-refractivity contribution in [2.75, 3.05) is 11.4 Å². The zero-order chi connectivity index (χ0) is 26.2. The fraction of sp³-hybridized carbons (Fsp3) is 0.103. The van der Waals surface area contributed by atoms with E-state index < -0.39 is 5.97 Å². The Labute approximate surface area is 217 Å². The molecule has 1 aliphatic rings.